The molecule has 0 fully saturated rings. The molecule has 1 aromatic carbocycles. The zero-order valence-corrected chi connectivity index (χ0v) is 12.9. The topological polar surface area (TPSA) is 57.6 Å². The van der Waals surface area contributed by atoms with Crippen molar-refractivity contribution in [3.05, 3.63) is 61.2 Å². The van der Waals surface area contributed by atoms with Crippen LogP contribution in [-0.2, 0) is 16.1 Å². The Kier molecular flexibility index (Phi) is 7.09. The molecule has 0 saturated heterocycles. The Bertz CT molecular complexity index is 514. The fourth-order valence-electron chi connectivity index (χ4n) is 2.25. The number of carboxylic acid groups (broad SMARTS) is 1. The van der Waals surface area contributed by atoms with E-state index in [1.54, 1.807) is 12.2 Å². The summed E-state index contributed by atoms with van der Waals surface area (Å²) in [6, 6.07) is 8.50. The van der Waals surface area contributed by atoms with Gasteiger partial charge in [0, 0.05) is 12.5 Å². The number of carbonyl (C=O) groups is 2. The van der Waals surface area contributed by atoms with Crippen LogP contribution in [0.1, 0.15) is 25.3 Å². The number of hydrogen-bond acceptors (Lipinski definition) is 2. The molecule has 0 aliphatic heterocycles. The standard InChI is InChI=1S/C18H23NO3/c1-4-9-16(10-5-2)17(20)19(14(3)18(21)22)13-15-11-7-6-8-12-15/h4-8,11-12,14,16H,1-2,9-10,13H2,3H3,(H,21,22). The van der Waals surface area contributed by atoms with Gasteiger partial charge >= 0.3 is 5.97 Å². The average Bonchev–Trinajstić information content (AvgIpc) is 2.52. The lowest BCUT2D eigenvalue weighted by atomic mass is 9.98. The zero-order chi connectivity index (χ0) is 16.5. The van der Waals surface area contributed by atoms with Gasteiger partial charge in [-0.1, -0.05) is 42.5 Å². The Morgan fingerprint density at radius 1 is 1.18 bits per heavy atom. The maximum absolute atomic E-state index is 12.7. The van der Waals surface area contributed by atoms with Crippen LogP contribution in [0.5, 0.6) is 0 Å². The van der Waals surface area contributed by atoms with E-state index in [2.05, 4.69) is 13.2 Å². The molecule has 0 radical (unpaired) electrons. The number of nitrogens with zero attached hydrogens (tertiary/aromatic N) is 1. The first-order valence-electron chi connectivity index (χ1n) is 7.30. The fourth-order valence-corrected chi connectivity index (χ4v) is 2.25. The van der Waals surface area contributed by atoms with Crippen LogP contribution in [-0.4, -0.2) is 27.9 Å². The van der Waals surface area contributed by atoms with E-state index in [-0.39, 0.29) is 18.4 Å². The lowest BCUT2D eigenvalue weighted by Gasteiger charge is -2.30. The van der Waals surface area contributed by atoms with Gasteiger partial charge in [-0.25, -0.2) is 4.79 Å². The van der Waals surface area contributed by atoms with Crippen LogP contribution in [0, 0.1) is 5.92 Å². The summed E-state index contributed by atoms with van der Waals surface area (Å²) >= 11 is 0. The summed E-state index contributed by atoms with van der Waals surface area (Å²) in [7, 11) is 0. The first kappa shape index (κ1) is 17.7. The molecule has 1 aromatic rings. The van der Waals surface area contributed by atoms with Gasteiger partial charge in [-0.2, -0.15) is 0 Å². The van der Waals surface area contributed by atoms with Crippen LogP contribution < -0.4 is 0 Å². The maximum Gasteiger partial charge on any atom is 0.326 e. The summed E-state index contributed by atoms with van der Waals surface area (Å²) in [5.41, 5.74) is 0.903. The van der Waals surface area contributed by atoms with Crippen molar-refractivity contribution in [1.29, 1.82) is 0 Å². The average molecular weight is 301 g/mol. The lowest BCUT2D eigenvalue weighted by Crippen LogP contribution is -2.45. The first-order chi connectivity index (χ1) is 10.5. The van der Waals surface area contributed by atoms with Crippen LogP contribution >= 0.6 is 0 Å². The van der Waals surface area contributed by atoms with E-state index in [1.165, 1.54) is 11.8 Å². The van der Waals surface area contributed by atoms with Crippen molar-refractivity contribution in [2.24, 2.45) is 5.92 Å². The highest BCUT2D eigenvalue weighted by Gasteiger charge is 2.29. The van der Waals surface area contributed by atoms with Crippen LogP contribution in [0.15, 0.2) is 55.6 Å². The SMILES string of the molecule is C=CCC(CC=C)C(=O)N(Cc1ccccc1)C(C)C(=O)O. The molecule has 0 heterocycles. The second kappa shape index (κ2) is 8.82. The first-order valence-corrected chi connectivity index (χ1v) is 7.30. The molecule has 0 aromatic heterocycles. The fraction of sp³-hybridized carbons (Fsp3) is 0.333. The van der Waals surface area contributed by atoms with Crippen LogP contribution in [0.3, 0.4) is 0 Å². The molecule has 0 bridgehead atoms. The summed E-state index contributed by atoms with van der Waals surface area (Å²) < 4.78 is 0. The van der Waals surface area contributed by atoms with E-state index in [1.807, 2.05) is 30.3 Å². The Hall–Kier alpha value is -2.36. The molecule has 0 spiro atoms. The summed E-state index contributed by atoms with van der Waals surface area (Å²) in [5, 5.41) is 9.29. The monoisotopic (exact) mass is 301 g/mol. The van der Waals surface area contributed by atoms with Gasteiger partial charge in [-0.15, -0.1) is 13.2 Å². The summed E-state index contributed by atoms with van der Waals surface area (Å²) in [6.45, 7) is 9.14. The number of aliphatic carboxylic acids is 1. The highest BCUT2D eigenvalue weighted by atomic mass is 16.4. The van der Waals surface area contributed by atoms with E-state index in [4.69, 9.17) is 0 Å². The second-order valence-electron chi connectivity index (χ2n) is 5.21. The van der Waals surface area contributed by atoms with E-state index < -0.39 is 12.0 Å². The molecule has 4 heteroatoms. The number of amides is 1. The third-order valence-electron chi connectivity index (χ3n) is 3.56. The molecule has 0 aliphatic carbocycles. The molecule has 0 saturated carbocycles. The highest BCUT2D eigenvalue weighted by Crippen LogP contribution is 2.18. The van der Waals surface area contributed by atoms with Gasteiger partial charge in [0.25, 0.3) is 0 Å². The van der Waals surface area contributed by atoms with Crippen molar-refractivity contribution in [1.82, 2.24) is 4.90 Å². The quantitative estimate of drug-likeness (QED) is 0.712. The lowest BCUT2D eigenvalue weighted by molar-refractivity contribution is -0.151. The van der Waals surface area contributed by atoms with Crippen molar-refractivity contribution in [3.63, 3.8) is 0 Å². The molecule has 22 heavy (non-hydrogen) atoms. The van der Waals surface area contributed by atoms with Crippen LogP contribution in [0.2, 0.25) is 0 Å². The zero-order valence-electron chi connectivity index (χ0n) is 12.9. The van der Waals surface area contributed by atoms with E-state index in [0.29, 0.717) is 12.8 Å². The molecule has 1 N–H and O–H groups in total. The van der Waals surface area contributed by atoms with E-state index >= 15 is 0 Å². The second-order valence-corrected chi connectivity index (χ2v) is 5.21. The van der Waals surface area contributed by atoms with Gasteiger partial charge in [-0.3, -0.25) is 4.79 Å². The highest BCUT2D eigenvalue weighted by molar-refractivity contribution is 5.85. The van der Waals surface area contributed by atoms with Gasteiger partial charge in [0.1, 0.15) is 6.04 Å². The van der Waals surface area contributed by atoms with Crippen molar-refractivity contribution in [3.8, 4) is 0 Å². The Balaban J connectivity index is 3.02. The molecule has 1 rings (SSSR count). The summed E-state index contributed by atoms with van der Waals surface area (Å²) in [5.74, 6) is -1.51. The predicted molar refractivity (Wildman–Crippen MR) is 87.2 cm³/mol. The van der Waals surface area contributed by atoms with Crippen molar-refractivity contribution >= 4 is 11.9 Å². The molecule has 4 nitrogen and oxygen atoms in total. The molecule has 0 aliphatic rings. The minimum atomic E-state index is -1.01. The van der Waals surface area contributed by atoms with E-state index in [9.17, 15) is 14.7 Å². The molecular weight excluding hydrogens is 278 g/mol. The van der Waals surface area contributed by atoms with E-state index in [0.717, 1.165) is 5.56 Å². The predicted octanol–water partition coefficient (Wildman–Crippen LogP) is 3.26. The van der Waals surface area contributed by atoms with Crippen molar-refractivity contribution in [2.75, 3.05) is 0 Å². The maximum atomic E-state index is 12.7. The van der Waals surface area contributed by atoms with Crippen LogP contribution in [0.25, 0.3) is 0 Å². The van der Waals surface area contributed by atoms with Gasteiger partial charge in [0.2, 0.25) is 5.91 Å². The molecule has 1 atom stereocenters. The molecular formula is C18H23NO3. The summed E-state index contributed by atoms with van der Waals surface area (Å²) in [6.07, 6.45) is 4.36. The number of hydrogen-bond donors (Lipinski definition) is 1. The number of carboxylic acids is 1. The minimum Gasteiger partial charge on any atom is -0.480 e. The Labute approximate surface area is 131 Å². The number of benzene rings is 1. The van der Waals surface area contributed by atoms with Gasteiger partial charge in [0.05, 0.1) is 0 Å². The molecule has 118 valence electrons. The van der Waals surface area contributed by atoms with Crippen LogP contribution in [0.4, 0.5) is 0 Å². The molecule has 1 unspecified atom stereocenters. The van der Waals surface area contributed by atoms with Gasteiger partial charge in [-0.05, 0) is 25.3 Å². The third-order valence-corrected chi connectivity index (χ3v) is 3.56. The number of rotatable bonds is 9. The van der Waals surface area contributed by atoms with Crippen molar-refractivity contribution in [2.45, 2.75) is 32.4 Å². The Morgan fingerprint density at radius 2 is 1.73 bits per heavy atom. The van der Waals surface area contributed by atoms with Crippen molar-refractivity contribution < 1.29 is 14.7 Å². The van der Waals surface area contributed by atoms with Gasteiger partial charge in [0.15, 0.2) is 0 Å². The van der Waals surface area contributed by atoms with Gasteiger partial charge < -0.3 is 10.0 Å². The Morgan fingerprint density at radius 3 is 2.18 bits per heavy atom. The number of carbonyl (C=O) groups excluding carboxylic acids is 1. The summed E-state index contributed by atoms with van der Waals surface area (Å²) in [4.78, 5) is 25.5. The third kappa shape index (κ3) is 4.88. The largest absolute Gasteiger partial charge is 0.480 e. The smallest absolute Gasteiger partial charge is 0.326 e. The minimum absolute atomic E-state index is 0.182. The number of allylic oxidation sites excluding steroid dienone is 2. The molecule has 1 amide bonds. The normalized spacial score (nSPS) is 11.7.